The summed E-state index contributed by atoms with van der Waals surface area (Å²) in [6.45, 7) is 4.11. The van der Waals surface area contributed by atoms with Gasteiger partial charge in [-0.1, -0.05) is 40.9 Å². The number of amides is 2. The van der Waals surface area contributed by atoms with Crippen LogP contribution in [0.25, 0.3) is 0 Å². The SMILES string of the molecule is Cc1ccc(OCC(=O)N2CCCN(C(=O)c3ccc(Cl)c(Cl)c3)CC2)cc1. The summed E-state index contributed by atoms with van der Waals surface area (Å²) in [4.78, 5) is 28.7. The van der Waals surface area contributed by atoms with E-state index in [1.54, 1.807) is 28.0 Å². The van der Waals surface area contributed by atoms with Crippen LogP contribution in [0.5, 0.6) is 5.75 Å². The Morgan fingerprint density at radius 1 is 0.929 bits per heavy atom. The second-order valence-electron chi connectivity index (χ2n) is 6.76. The van der Waals surface area contributed by atoms with Crippen LogP contribution >= 0.6 is 23.2 Å². The van der Waals surface area contributed by atoms with Crippen molar-refractivity contribution < 1.29 is 14.3 Å². The Kier molecular flexibility index (Phi) is 6.81. The van der Waals surface area contributed by atoms with Crippen LogP contribution in [0.2, 0.25) is 10.0 Å². The summed E-state index contributed by atoms with van der Waals surface area (Å²) in [6, 6.07) is 12.4. The zero-order valence-corrected chi connectivity index (χ0v) is 17.2. The Hall–Kier alpha value is -2.24. The van der Waals surface area contributed by atoms with Crippen LogP contribution in [-0.2, 0) is 4.79 Å². The van der Waals surface area contributed by atoms with Crippen molar-refractivity contribution in [3.63, 3.8) is 0 Å². The minimum absolute atomic E-state index is 0.0101. The van der Waals surface area contributed by atoms with Crippen molar-refractivity contribution in [2.75, 3.05) is 32.8 Å². The Morgan fingerprint density at radius 2 is 1.61 bits per heavy atom. The van der Waals surface area contributed by atoms with E-state index in [0.717, 1.165) is 5.56 Å². The highest BCUT2D eigenvalue weighted by Crippen LogP contribution is 2.23. The van der Waals surface area contributed by atoms with E-state index in [-0.39, 0.29) is 18.4 Å². The number of aryl methyl sites for hydroxylation is 1. The molecule has 148 valence electrons. The zero-order chi connectivity index (χ0) is 20.1. The molecule has 1 fully saturated rings. The Morgan fingerprint density at radius 3 is 2.32 bits per heavy atom. The third-order valence-electron chi connectivity index (χ3n) is 4.69. The molecule has 0 bridgehead atoms. The van der Waals surface area contributed by atoms with Crippen LogP contribution < -0.4 is 4.74 Å². The minimum Gasteiger partial charge on any atom is -0.484 e. The molecule has 0 aliphatic carbocycles. The van der Waals surface area contributed by atoms with Gasteiger partial charge in [0.15, 0.2) is 6.61 Å². The smallest absolute Gasteiger partial charge is 0.260 e. The molecule has 0 aromatic heterocycles. The molecule has 0 unspecified atom stereocenters. The topological polar surface area (TPSA) is 49.9 Å². The predicted molar refractivity (Wildman–Crippen MR) is 110 cm³/mol. The number of hydrogen-bond donors (Lipinski definition) is 0. The van der Waals surface area contributed by atoms with Crippen LogP contribution in [-0.4, -0.2) is 54.4 Å². The van der Waals surface area contributed by atoms with Crippen molar-refractivity contribution in [1.29, 1.82) is 0 Å². The van der Waals surface area contributed by atoms with Crippen LogP contribution in [0.4, 0.5) is 0 Å². The lowest BCUT2D eigenvalue weighted by Gasteiger charge is -2.22. The van der Waals surface area contributed by atoms with Gasteiger partial charge in [0, 0.05) is 31.7 Å². The molecule has 0 atom stereocenters. The summed E-state index contributed by atoms with van der Waals surface area (Å²) in [5.41, 5.74) is 1.63. The van der Waals surface area contributed by atoms with E-state index in [1.165, 1.54) is 0 Å². The van der Waals surface area contributed by atoms with Gasteiger partial charge >= 0.3 is 0 Å². The largest absolute Gasteiger partial charge is 0.484 e. The first-order chi connectivity index (χ1) is 13.4. The van der Waals surface area contributed by atoms with Gasteiger partial charge in [-0.05, 0) is 43.7 Å². The molecule has 2 amide bonds. The molecule has 28 heavy (non-hydrogen) atoms. The van der Waals surface area contributed by atoms with E-state index in [1.807, 2.05) is 31.2 Å². The molecule has 7 heteroatoms. The minimum atomic E-state index is -0.108. The number of rotatable bonds is 4. The van der Waals surface area contributed by atoms with E-state index in [0.29, 0.717) is 54.0 Å². The van der Waals surface area contributed by atoms with E-state index >= 15 is 0 Å². The van der Waals surface area contributed by atoms with Gasteiger partial charge in [-0.15, -0.1) is 0 Å². The molecular weight excluding hydrogens is 399 g/mol. The predicted octanol–water partition coefficient (Wildman–Crippen LogP) is 4.06. The summed E-state index contributed by atoms with van der Waals surface area (Å²) in [5.74, 6) is 0.485. The molecule has 2 aromatic rings. The highest BCUT2D eigenvalue weighted by atomic mass is 35.5. The molecule has 3 rings (SSSR count). The van der Waals surface area contributed by atoms with Crippen molar-refractivity contribution in [2.45, 2.75) is 13.3 Å². The van der Waals surface area contributed by atoms with Crippen LogP contribution in [0, 0.1) is 6.92 Å². The Labute approximate surface area is 174 Å². The van der Waals surface area contributed by atoms with Crippen molar-refractivity contribution in [3.8, 4) is 5.75 Å². The van der Waals surface area contributed by atoms with E-state index in [9.17, 15) is 9.59 Å². The second kappa shape index (κ2) is 9.30. The third-order valence-corrected chi connectivity index (χ3v) is 5.42. The zero-order valence-electron chi connectivity index (χ0n) is 15.7. The quantitative estimate of drug-likeness (QED) is 0.749. The number of ether oxygens (including phenoxy) is 1. The molecule has 0 radical (unpaired) electrons. The van der Waals surface area contributed by atoms with Gasteiger partial charge in [-0.3, -0.25) is 9.59 Å². The highest BCUT2D eigenvalue weighted by molar-refractivity contribution is 6.42. The van der Waals surface area contributed by atoms with E-state index in [2.05, 4.69) is 0 Å². The Bertz CT molecular complexity index is 855. The fourth-order valence-electron chi connectivity index (χ4n) is 3.05. The molecule has 1 aliphatic rings. The van der Waals surface area contributed by atoms with Crippen molar-refractivity contribution in [2.24, 2.45) is 0 Å². The first kappa shape index (κ1) is 20.5. The third kappa shape index (κ3) is 5.18. The molecule has 0 spiro atoms. The standard InChI is InChI=1S/C21H22Cl2N2O3/c1-15-3-6-17(7-4-15)28-14-20(26)24-9-2-10-25(12-11-24)21(27)16-5-8-18(22)19(23)13-16/h3-8,13H,2,9-12,14H2,1H3. The maximum atomic E-state index is 12.7. The van der Waals surface area contributed by atoms with Gasteiger partial charge in [0.1, 0.15) is 5.75 Å². The monoisotopic (exact) mass is 420 g/mol. The lowest BCUT2D eigenvalue weighted by Crippen LogP contribution is -2.39. The van der Waals surface area contributed by atoms with Gasteiger partial charge in [-0.25, -0.2) is 0 Å². The number of halogens is 2. The lowest BCUT2D eigenvalue weighted by atomic mass is 10.2. The van der Waals surface area contributed by atoms with E-state index < -0.39 is 0 Å². The molecule has 0 saturated carbocycles. The molecule has 5 nitrogen and oxygen atoms in total. The number of benzene rings is 2. The van der Waals surface area contributed by atoms with Gasteiger partial charge in [0.05, 0.1) is 10.0 Å². The average Bonchev–Trinajstić information content (AvgIpc) is 2.95. The highest BCUT2D eigenvalue weighted by Gasteiger charge is 2.23. The molecular formula is C21H22Cl2N2O3. The number of hydrogen-bond acceptors (Lipinski definition) is 3. The van der Waals surface area contributed by atoms with Gasteiger partial charge in [0.25, 0.3) is 11.8 Å². The van der Waals surface area contributed by atoms with Gasteiger partial charge in [-0.2, -0.15) is 0 Å². The van der Waals surface area contributed by atoms with Crippen molar-refractivity contribution in [1.82, 2.24) is 9.80 Å². The lowest BCUT2D eigenvalue weighted by molar-refractivity contribution is -0.133. The fraction of sp³-hybridized carbons (Fsp3) is 0.333. The number of nitrogens with zero attached hydrogens (tertiary/aromatic N) is 2. The average molecular weight is 421 g/mol. The van der Waals surface area contributed by atoms with Crippen LogP contribution in [0.1, 0.15) is 22.3 Å². The van der Waals surface area contributed by atoms with E-state index in [4.69, 9.17) is 27.9 Å². The molecule has 2 aromatic carbocycles. The van der Waals surface area contributed by atoms with Crippen LogP contribution in [0.3, 0.4) is 0 Å². The number of carbonyl (C=O) groups excluding carboxylic acids is 2. The molecule has 1 aliphatic heterocycles. The van der Waals surface area contributed by atoms with Gasteiger partial charge < -0.3 is 14.5 Å². The summed E-state index contributed by atoms with van der Waals surface area (Å²) in [7, 11) is 0. The first-order valence-electron chi connectivity index (χ1n) is 9.15. The molecule has 1 heterocycles. The van der Waals surface area contributed by atoms with Gasteiger partial charge in [0.2, 0.25) is 0 Å². The summed E-state index contributed by atoms with van der Waals surface area (Å²) >= 11 is 11.9. The maximum Gasteiger partial charge on any atom is 0.260 e. The summed E-state index contributed by atoms with van der Waals surface area (Å²) in [5, 5.41) is 0.770. The van der Waals surface area contributed by atoms with Crippen molar-refractivity contribution in [3.05, 3.63) is 63.6 Å². The fourth-order valence-corrected chi connectivity index (χ4v) is 3.35. The molecule has 0 N–H and O–H groups in total. The Balaban J connectivity index is 1.54. The first-order valence-corrected chi connectivity index (χ1v) is 9.91. The summed E-state index contributed by atoms with van der Waals surface area (Å²) in [6.07, 6.45) is 0.712. The summed E-state index contributed by atoms with van der Waals surface area (Å²) < 4.78 is 5.59. The van der Waals surface area contributed by atoms with Crippen molar-refractivity contribution >= 4 is 35.0 Å². The second-order valence-corrected chi connectivity index (χ2v) is 7.57. The molecule has 1 saturated heterocycles. The maximum absolute atomic E-state index is 12.7. The normalized spacial score (nSPS) is 14.5. The van der Waals surface area contributed by atoms with Crippen LogP contribution in [0.15, 0.2) is 42.5 Å². The number of carbonyl (C=O) groups is 2.